The molecule has 1 aromatic rings. The Morgan fingerprint density at radius 2 is 1.86 bits per heavy atom. The summed E-state index contributed by atoms with van der Waals surface area (Å²) in [5.74, 6) is 1.12. The van der Waals surface area contributed by atoms with E-state index in [1.165, 1.54) is 30.7 Å². The molecule has 0 unspecified atom stereocenters. The summed E-state index contributed by atoms with van der Waals surface area (Å²) < 4.78 is 37.4. The molecule has 0 heterocycles. The smallest absolute Gasteiger partial charge is 0.246 e. The fraction of sp³-hybridized carbons (Fsp3) is 0.571. The lowest BCUT2D eigenvalue weighted by molar-refractivity contribution is 0.379. The lowest BCUT2D eigenvalue weighted by Crippen LogP contribution is -2.33. The van der Waals surface area contributed by atoms with Gasteiger partial charge < -0.3 is 15.2 Å². The van der Waals surface area contributed by atoms with Crippen molar-refractivity contribution in [1.82, 2.24) is 4.31 Å². The van der Waals surface area contributed by atoms with Crippen molar-refractivity contribution < 1.29 is 17.9 Å². The molecule has 2 rings (SSSR count). The SMILES string of the molecule is CCN(CC1CC1)S(=O)(=O)c1cc(N)c(OC)cc1OC. The van der Waals surface area contributed by atoms with Gasteiger partial charge in [0.15, 0.2) is 0 Å². The largest absolute Gasteiger partial charge is 0.495 e. The minimum atomic E-state index is -3.62. The van der Waals surface area contributed by atoms with Crippen LogP contribution in [0.15, 0.2) is 17.0 Å². The van der Waals surface area contributed by atoms with Gasteiger partial charge in [-0.25, -0.2) is 8.42 Å². The van der Waals surface area contributed by atoms with Gasteiger partial charge >= 0.3 is 0 Å². The van der Waals surface area contributed by atoms with Crippen LogP contribution in [0, 0.1) is 5.92 Å². The summed E-state index contributed by atoms with van der Waals surface area (Å²) in [4.78, 5) is 0.0887. The summed E-state index contributed by atoms with van der Waals surface area (Å²) in [5, 5.41) is 0. The predicted octanol–water partition coefficient (Wildman–Crippen LogP) is 1.71. The van der Waals surface area contributed by atoms with Gasteiger partial charge in [0, 0.05) is 19.2 Å². The van der Waals surface area contributed by atoms with Gasteiger partial charge in [0.2, 0.25) is 10.0 Å². The quantitative estimate of drug-likeness (QED) is 0.775. The Morgan fingerprint density at radius 3 is 2.33 bits per heavy atom. The second-order valence-corrected chi connectivity index (χ2v) is 7.05. The van der Waals surface area contributed by atoms with Crippen molar-refractivity contribution in [2.24, 2.45) is 5.92 Å². The molecule has 21 heavy (non-hydrogen) atoms. The van der Waals surface area contributed by atoms with Crippen LogP contribution in [0.25, 0.3) is 0 Å². The molecule has 1 aromatic carbocycles. The number of rotatable bonds is 7. The van der Waals surface area contributed by atoms with Crippen molar-refractivity contribution in [2.45, 2.75) is 24.7 Å². The normalized spacial score (nSPS) is 15.2. The molecule has 0 radical (unpaired) electrons. The number of sulfonamides is 1. The third-order valence-corrected chi connectivity index (χ3v) is 5.61. The average molecular weight is 314 g/mol. The average Bonchev–Trinajstić information content (AvgIpc) is 3.28. The Bertz CT molecular complexity index is 612. The number of nitrogens with two attached hydrogens (primary N) is 1. The number of hydrogen-bond donors (Lipinski definition) is 1. The molecule has 1 aliphatic rings. The van der Waals surface area contributed by atoms with Crippen molar-refractivity contribution in [3.63, 3.8) is 0 Å². The summed E-state index contributed by atoms with van der Waals surface area (Å²) in [5.41, 5.74) is 6.12. The first-order chi connectivity index (χ1) is 9.93. The maximum absolute atomic E-state index is 12.8. The van der Waals surface area contributed by atoms with Crippen LogP contribution in [0.5, 0.6) is 11.5 Å². The topological polar surface area (TPSA) is 81.9 Å². The van der Waals surface area contributed by atoms with Crippen LogP contribution < -0.4 is 15.2 Å². The maximum Gasteiger partial charge on any atom is 0.246 e. The summed E-state index contributed by atoms with van der Waals surface area (Å²) in [6.07, 6.45) is 2.18. The van der Waals surface area contributed by atoms with Crippen molar-refractivity contribution >= 4 is 15.7 Å². The zero-order valence-electron chi connectivity index (χ0n) is 12.6. The molecule has 7 heteroatoms. The molecular formula is C14H22N2O4S. The fourth-order valence-corrected chi connectivity index (χ4v) is 3.92. The van der Waals surface area contributed by atoms with Gasteiger partial charge in [0.05, 0.1) is 19.9 Å². The minimum absolute atomic E-state index is 0.0887. The molecule has 0 aliphatic heterocycles. The van der Waals surface area contributed by atoms with Crippen LogP contribution in [0.3, 0.4) is 0 Å². The van der Waals surface area contributed by atoms with E-state index in [4.69, 9.17) is 15.2 Å². The second-order valence-electron chi connectivity index (χ2n) is 5.14. The summed E-state index contributed by atoms with van der Waals surface area (Å²) in [6, 6.07) is 2.91. The number of nitrogen functional groups attached to an aromatic ring is 1. The van der Waals surface area contributed by atoms with E-state index in [1.807, 2.05) is 6.92 Å². The number of nitrogens with zero attached hydrogens (tertiary/aromatic N) is 1. The Morgan fingerprint density at radius 1 is 1.24 bits per heavy atom. The van der Waals surface area contributed by atoms with Crippen LogP contribution in [-0.2, 0) is 10.0 Å². The van der Waals surface area contributed by atoms with E-state index in [0.717, 1.165) is 12.8 Å². The summed E-state index contributed by atoms with van der Waals surface area (Å²) in [7, 11) is -0.715. The van der Waals surface area contributed by atoms with E-state index in [-0.39, 0.29) is 16.3 Å². The monoisotopic (exact) mass is 314 g/mol. The number of ether oxygens (including phenoxy) is 2. The Balaban J connectivity index is 2.44. The van der Waals surface area contributed by atoms with Crippen LogP contribution in [-0.4, -0.2) is 40.0 Å². The van der Waals surface area contributed by atoms with Crippen LogP contribution in [0.1, 0.15) is 19.8 Å². The van der Waals surface area contributed by atoms with Gasteiger partial charge in [-0.1, -0.05) is 6.92 Å². The van der Waals surface area contributed by atoms with E-state index < -0.39 is 10.0 Å². The highest BCUT2D eigenvalue weighted by Crippen LogP contribution is 2.37. The van der Waals surface area contributed by atoms with E-state index in [9.17, 15) is 8.42 Å². The third kappa shape index (κ3) is 3.24. The zero-order valence-corrected chi connectivity index (χ0v) is 13.4. The first-order valence-electron chi connectivity index (χ1n) is 6.95. The molecule has 1 saturated carbocycles. The lowest BCUT2D eigenvalue weighted by Gasteiger charge is -2.22. The highest BCUT2D eigenvalue weighted by Gasteiger charge is 2.33. The Labute approximate surface area is 125 Å². The molecular weight excluding hydrogens is 292 g/mol. The van der Waals surface area contributed by atoms with Crippen LogP contribution in [0.4, 0.5) is 5.69 Å². The van der Waals surface area contributed by atoms with Crippen LogP contribution in [0.2, 0.25) is 0 Å². The number of benzene rings is 1. The van der Waals surface area contributed by atoms with E-state index in [2.05, 4.69) is 0 Å². The minimum Gasteiger partial charge on any atom is -0.495 e. The predicted molar refractivity (Wildman–Crippen MR) is 81.1 cm³/mol. The van der Waals surface area contributed by atoms with E-state index >= 15 is 0 Å². The molecule has 2 N–H and O–H groups in total. The molecule has 1 aliphatic carbocycles. The van der Waals surface area contributed by atoms with Crippen molar-refractivity contribution in [1.29, 1.82) is 0 Å². The Hall–Kier alpha value is -1.47. The first kappa shape index (κ1) is 15.9. The van der Waals surface area contributed by atoms with Gasteiger partial charge in [0.25, 0.3) is 0 Å². The molecule has 0 amide bonds. The fourth-order valence-electron chi connectivity index (χ4n) is 2.22. The maximum atomic E-state index is 12.8. The lowest BCUT2D eigenvalue weighted by atomic mass is 10.3. The van der Waals surface area contributed by atoms with Crippen LogP contribution >= 0.6 is 0 Å². The highest BCUT2D eigenvalue weighted by atomic mass is 32.2. The van der Waals surface area contributed by atoms with Gasteiger partial charge in [-0.05, 0) is 24.8 Å². The molecule has 0 aromatic heterocycles. The third-order valence-electron chi connectivity index (χ3n) is 3.65. The Kier molecular flexibility index (Phi) is 4.63. The number of anilines is 1. The summed E-state index contributed by atoms with van der Waals surface area (Å²) >= 11 is 0. The van der Waals surface area contributed by atoms with Crippen molar-refractivity contribution in [2.75, 3.05) is 33.0 Å². The molecule has 0 saturated heterocycles. The van der Waals surface area contributed by atoms with Gasteiger partial charge in [0.1, 0.15) is 16.4 Å². The molecule has 118 valence electrons. The zero-order chi connectivity index (χ0) is 15.6. The second kappa shape index (κ2) is 6.11. The van der Waals surface area contributed by atoms with E-state index in [1.54, 1.807) is 0 Å². The molecule has 0 spiro atoms. The van der Waals surface area contributed by atoms with Gasteiger partial charge in [-0.15, -0.1) is 0 Å². The first-order valence-corrected chi connectivity index (χ1v) is 8.39. The van der Waals surface area contributed by atoms with E-state index in [0.29, 0.717) is 24.8 Å². The van der Waals surface area contributed by atoms with Gasteiger partial charge in [-0.3, -0.25) is 0 Å². The highest BCUT2D eigenvalue weighted by molar-refractivity contribution is 7.89. The van der Waals surface area contributed by atoms with Gasteiger partial charge in [-0.2, -0.15) is 4.31 Å². The number of hydrogen-bond acceptors (Lipinski definition) is 5. The number of methoxy groups -OCH3 is 2. The molecule has 0 atom stereocenters. The van der Waals surface area contributed by atoms with Crippen molar-refractivity contribution in [3.05, 3.63) is 12.1 Å². The van der Waals surface area contributed by atoms with Crippen molar-refractivity contribution in [3.8, 4) is 11.5 Å². The molecule has 6 nitrogen and oxygen atoms in total. The molecule has 1 fully saturated rings. The molecule has 0 bridgehead atoms. The summed E-state index contributed by atoms with van der Waals surface area (Å²) in [6.45, 7) is 2.81. The standard InChI is InChI=1S/C14H22N2O4S/c1-4-16(9-10-5-6-10)21(17,18)14-7-11(15)12(19-2)8-13(14)20-3/h7-8,10H,4-6,9,15H2,1-3H3.